The summed E-state index contributed by atoms with van der Waals surface area (Å²) >= 11 is 0. The number of piperazine rings is 1. The van der Waals surface area contributed by atoms with Gasteiger partial charge in [-0.15, -0.1) is 0 Å². The molecule has 1 spiro atoms. The van der Waals surface area contributed by atoms with Crippen molar-refractivity contribution in [3.8, 4) is 17.6 Å². The molecule has 4 atom stereocenters. The van der Waals surface area contributed by atoms with Crippen molar-refractivity contribution in [2.24, 2.45) is 5.41 Å². The molecule has 2 bridgehead atoms. The second-order valence-electron chi connectivity index (χ2n) is 8.64. The number of rotatable bonds is 4. The van der Waals surface area contributed by atoms with Crippen LogP contribution in [0.2, 0.25) is 0 Å². The van der Waals surface area contributed by atoms with Crippen LogP contribution in [0.3, 0.4) is 0 Å². The van der Waals surface area contributed by atoms with Gasteiger partial charge in [0.05, 0.1) is 17.5 Å². The zero-order valence-corrected chi connectivity index (χ0v) is 18.8. The molecule has 1 unspecified atom stereocenters. The maximum Gasteiger partial charge on any atom is 0.261 e. The molecule has 5 aliphatic rings. The standard InChI is InChI=1S/C21H23N3O4S2/c1-4-5-8-23-18(26)21-10-19(2,11-22)16(24(21)17(25)20(23,3)29-30-21)13-6-7-14-15(9-13)28-12-27-14/h6-7,9,16H,4-5,8,10,12H2,1-3H3/t16-,19+,20?,21-/m0/s1. The van der Waals surface area contributed by atoms with Crippen molar-refractivity contribution in [2.45, 2.75) is 55.8 Å². The Hall–Kier alpha value is -2.05. The summed E-state index contributed by atoms with van der Waals surface area (Å²) in [7, 11) is 2.90. The van der Waals surface area contributed by atoms with Gasteiger partial charge in [0.2, 0.25) is 6.79 Å². The predicted octanol–water partition coefficient (Wildman–Crippen LogP) is 3.67. The molecule has 30 heavy (non-hydrogen) atoms. The third kappa shape index (κ3) is 2.35. The molecule has 2 amide bonds. The Bertz CT molecular complexity index is 997. The van der Waals surface area contributed by atoms with E-state index in [-0.39, 0.29) is 18.6 Å². The molecule has 4 fully saturated rings. The van der Waals surface area contributed by atoms with E-state index in [2.05, 4.69) is 13.0 Å². The van der Waals surface area contributed by atoms with Gasteiger partial charge in [-0.05, 0) is 38.0 Å². The minimum Gasteiger partial charge on any atom is -0.454 e. The van der Waals surface area contributed by atoms with Gasteiger partial charge < -0.3 is 19.3 Å². The highest BCUT2D eigenvalue weighted by Crippen LogP contribution is 2.69. The van der Waals surface area contributed by atoms with Crippen LogP contribution in [0.4, 0.5) is 0 Å². The van der Waals surface area contributed by atoms with Crippen molar-refractivity contribution in [1.29, 1.82) is 5.26 Å². The van der Waals surface area contributed by atoms with Crippen LogP contribution in [-0.4, -0.2) is 44.7 Å². The van der Waals surface area contributed by atoms with E-state index in [9.17, 15) is 14.9 Å². The number of nitrogens with zero attached hydrogens (tertiary/aromatic N) is 3. The number of ether oxygens (including phenoxy) is 2. The van der Waals surface area contributed by atoms with Crippen molar-refractivity contribution in [2.75, 3.05) is 13.3 Å². The Balaban J connectivity index is 1.64. The molecule has 4 saturated heterocycles. The Morgan fingerprint density at radius 1 is 1.20 bits per heavy atom. The molecule has 5 heterocycles. The number of carbonyl (C=O) groups is 2. The van der Waals surface area contributed by atoms with E-state index >= 15 is 0 Å². The molecular formula is C21H23N3O4S2. The third-order valence-corrected chi connectivity index (χ3v) is 10.3. The average Bonchev–Trinajstić information content (AvgIpc) is 3.31. The topological polar surface area (TPSA) is 82.9 Å². The van der Waals surface area contributed by atoms with Gasteiger partial charge >= 0.3 is 0 Å². The molecule has 0 radical (unpaired) electrons. The molecule has 7 nitrogen and oxygen atoms in total. The molecule has 0 aromatic heterocycles. The van der Waals surface area contributed by atoms with E-state index in [0.29, 0.717) is 24.5 Å². The lowest BCUT2D eigenvalue weighted by Crippen LogP contribution is -2.74. The largest absolute Gasteiger partial charge is 0.454 e. The smallest absolute Gasteiger partial charge is 0.261 e. The third-order valence-electron chi connectivity index (χ3n) is 6.61. The van der Waals surface area contributed by atoms with Crippen molar-refractivity contribution in [3.05, 3.63) is 23.8 Å². The van der Waals surface area contributed by atoms with Gasteiger partial charge in [-0.2, -0.15) is 5.26 Å². The van der Waals surface area contributed by atoms with Crippen LogP contribution in [-0.2, 0) is 9.59 Å². The molecule has 0 N–H and O–H groups in total. The van der Waals surface area contributed by atoms with Crippen LogP contribution in [0.1, 0.15) is 51.6 Å². The van der Waals surface area contributed by atoms with Gasteiger partial charge in [-0.3, -0.25) is 9.59 Å². The SMILES string of the molecule is CCCCN1C(=O)[C@@]23C[C@](C)(C#N)[C@H](c4ccc5c(c4)OCO5)N2C(=O)C1(C)SS3. The predicted molar refractivity (Wildman–Crippen MR) is 113 cm³/mol. The van der Waals surface area contributed by atoms with Crippen LogP contribution in [0.15, 0.2) is 18.2 Å². The van der Waals surface area contributed by atoms with Gasteiger partial charge in [-0.25, -0.2) is 0 Å². The fraction of sp³-hybridized carbons (Fsp3) is 0.571. The molecule has 0 aliphatic carbocycles. The number of fused-ring (bicyclic) bond motifs is 3. The van der Waals surface area contributed by atoms with Gasteiger partial charge in [0.1, 0.15) is 0 Å². The van der Waals surface area contributed by atoms with Crippen molar-refractivity contribution in [3.63, 3.8) is 0 Å². The number of hydrogen-bond acceptors (Lipinski definition) is 7. The normalized spacial score (nSPS) is 36.3. The van der Waals surface area contributed by atoms with Crippen molar-refractivity contribution >= 4 is 33.4 Å². The number of hydrogen-bond donors (Lipinski definition) is 0. The Labute approximate surface area is 183 Å². The summed E-state index contributed by atoms with van der Waals surface area (Å²) < 4.78 is 11.0. The van der Waals surface area contributed by atoms with Crippen molar-refractivity contribution < 1.29 is 19.1 Å². The number of nitriles is 1. The Morgan fingerprint density at radius 3 is 2.70 bits per heavy atom. The first-order valence-electron chi connectivity index (χ1n) is 10.1. The fourth-order valence-corrected chi connectivity index (χ4v) is 8.60. The highest BCUT2D eigenvalue weighted by molar-refractivity contribution is 8.78. The summed E-state index contributed by atoms with van der Waals surface area (Å²) in [5, 5.41) is 10.2. The van der Waals surface area contributed by atoms with E-state index in [0.717, 1.165) is 18.4 Å². The summed E-state index contributed by atoms with van der Waals surface area (Å²) in [4.78, 5) is 29.0. The molecule has 1 aromatic carbocycles. The highest BCUT2D eigenvalue weighted by Gasteiger charge is 2.75. The van der Waals surface area contributed by atoms with Crippen LogP contribution >= 0.6 is 21.6 Å². The van der Waals surface area contributed by atoms with Gasteiger partial charge in [0, 0.05) is 13.0 Å². The van der Waals surface area contributed by atoms with Crippen LogP contribution in [0.5, 0.6) is 11.5 Å². The van der Waals surface area contributed by atoms with Crippen molar-refractivity contribution in [1.82, 2.24) is 9.80 Å². The van der Waals surface area contributed by atoms with Crippen LogP contribution in [0, 0.1) is 16.7 Å². The zero-order chi connectivity index (χ0) is 21.3. The first kappa shape index (κ1) is 19.9. The van der Waals surface area contributed by atoms with Crippen LogP contribution in [0.25, 0.3) is 0 Å². The summed E-state index contributed by atoms with van der Waals surface area (Å²) in [5.74, 6) is 1.11. The fourth-order valence-electron chi connectivity index (χ4n) is 5.04. The lowest BCUT2D eigenvalue weighted by Gasteiger charge is -2.58. The second kappa shape index (κ2) is 6.47. The number of benzene rings is 1. The molecule has 1 aromatic rings. The zero-order valence-electron chi connectivity index (χ0n) is 17.1. The quantitative estimate of drug-likeness (QED) is 0.654. The summed E-state index contributed by atoms with van der Waals surface area (Å²) in [5.41, 5.74) is -0.110. The highest BCUT2D eigenvalue weighted by atomic mass is 33.1. The molecule has 158 valence electrons. The molecule has 9 heteroatoms. The minimum absolute atomic E-state index is 0.0495. The van der Waals surface area contributed by atoms with Gasteiger partial charge in [-0.1, -0.05) is 41.0 Å². The van der Waals surface area contributed by atoms with E-state index in [4.69, 9.17) is 9.47 Å². The number of amides is 2. The minimum atomic E-state index is -1.06. The molecule has 6 rings (SSSR count). The summed E-state index contributed by atoms with van der Waals surface area (Å²) in [6, 6.07) is 7.44. The van der Waals surface area contributed by atoms with E-state index in [1.807, 2.05) is 32.0 Å². The second-order valence-corrected chi connectivity index (χ2v) is 11.4. The van der Waals surface area contributed by atoms with E-state index in [1.165, 1.54) is 21.6 Å². The maximum atomic E-state index is 13.9. The maximum absolute atomic E-state index is 13.9. The molecule has 0 saturated carbocycles. The Kier molecular flexibility index (Phi) is 4.29. The molecule has 5 aliphatic heterocycles. The van der Waals surface area contributed by atoms with Gasteiger partial charge in [0.25, 0.3) is 11.8 Å². The van der Waals surface area contributed by atoms with E-state index < -0.39 is 21.2 Å². The van der Waals surface area contributed by atoms with Gasteiger partial charge in [0.15, 0.2) is 21.2 Å². The van der Waals surface area contributed by atoms with E-state index in [1.54, 1.807) is 9.80 Å². The summed E-state index contributed by atoms with van der Waals surface area (Å²) in [6.07, 6.45) is 2.09. The van der Waals surface area contributed by atoms with Crippen LogP contribution < -0.4 is 9.47 Å². The first-order chi connectivity index (χ1) is 14.3. The monoisotopic (exact) mass is 445 g/mol. The average molecular weight is 446 g/mol. The first-order valence-corrected chi connectivity index (χ1v) is 12.3. The lowest BCUT2D eigenvalue weighted by molar-refractivity contribution is -0.166. The Morgan fingerprint density at radius 2 is 1.97 bits per heavy atom. The number of carbonyl (C=O) groups excluding carboxylic acids is 2. The molecular weight excluding hydrogens is 422 g/mol. The summed E-state index contributed by atoms with van der Waals surface area (Å²) in [6.45, 7) is 6.47. The number of unbranched alkanes of at least 4 members (excludes halogenated alkanes) is 1. The lowest BCUT2D eigenvalue weighted by atomic mass is 9.79.